The van der Waals surface area contributed by atoms with Gasteiger partial charge in [0.05, 0.1) is 7.11 Å². The Bertz CT molecular complexity index is 583. The average Bonchev–Trinajstić information content (AvgIpc) is 2.51. The maximum absolute atomic E-state index is 5.18. The maximum atomic E-state index is 5.18. The van der Waals surface area contributed by atoms with E-state index in [9.17, 15) is 0 Å². The van der Waals surface area contributed by atoms with Gasteiger partial charge >= 0.3 is 0 Å². The van der Waals surface area contributed by atoms with Crippen LogP contribution in [0.25, 0.3) is 0 Å². The van der Waals surface area contributed by atoms with Gasteiger partial charge in [0.2, 0.25) is 5.95 Å². The Kier molecular flexibility index (Phi) is 4.98. The molecule has 5 heteroatoms. The molecule has 1 aromatic carbocycles. The molecule has 0 saturated heterocycles. The van der Waals surface area contributed by atoms with Crippen LogP contribution in [-0.4, -0.2) is 23.6 Å². The van der Waals surface area contributed by atoms with Crippen molar-refractivity contribution in [3.63, 3.8) is 0 Å². The molecular formula is C16H22N4O. The van der Waals surface area contributed by atoms with Gasteiger partial charge in [0.15, 0.2) is 0 Å². The maximum Gasteiger partial charge on any atom is 0.224 e. The summed E-state index contributed by atoms with van der Waals surface area (Å²) >= 11 is 0. The predicted molar refractivity (Wildman–Crippen MR) is 86.0 cm³/mol. The first kappa shape index (κ1) is 15.1. The normalized spacial score (nSPS) is 11.8. The molecule has 0 saturated carbocycles. The van der Waals surface area contributed by atoms with Gasteiger partial charge in [-0.25, -0.2) is 4.98 Å². The van der Waals surface area contributed by atoms with Crippen molar-refractivity contribution in [3.05, 3.63) is 41.6 Å². The van der Waals surface area contributed by atoms with Crippen LogP contribution in [0.2, 0.25) is 0 Å². The minimum Gasteiger partial charge on any atom is -0.497 e. The van der Waals surface area contributed by atoms with E-state index in [1.165, 1.54) is 5.56 Å². The highest BCUT2D eigenvalue weighted by atomic mass is 16.5. The number of hydrogen-bond acceptors (Lipinski definition) is 5. The van der Waals surface area contributed by atoms with Gasteiger partial charge in [-0.1, -0.05) is 12.1 Å². The van der Waals surface area contributed by atoms with Crippen molar-refractivity contribution in [1.82, 2.24) is 9.97 Å². The van der Waals surface area contributed by atoms with Crippen LogP contribution in [0.3, 0.4) is 0 Å². The number of anilines is 2. The van der Waals surface area contributed by atoms with Crippen LogP contribution in [0.1, 0.15) is 31.0 Å². The number of rotatable bonds is 6. The van der Waals surface area contributed by atoms with Crippen molar-refractivity contribution < 1.29 is 4.74 Å². The molecule has 0 aliphatic carbocycles. The van der Waals surface area contributed by atoms with Crippen molar-refractivity contribution in [2.24, 2.45) is 0 Å². The first-order chi connectivity index (χ1) is 10.1. The summed E-state index contributed by atoms with van der Waals surface area (Å²) in [5, 5.41) is 6.56. The SMILES string of the molecule is CCNc1ncc(C)c(NC(C)c2ccc(OC)cc2)n1. The molecule has 1 atom stereocenters. The molecule has 1 unspecified atom stereocenters. The lowest BCUT2D eigenvalue weighted by Gasteiger charge is -2.17. The third-order valence-electron chi connectivity index (χ3n) is 3.28. The molecule has 0 amide bonds. The molecular weight excluding hydrogens is 264 g/mol. The zero-order valence-electron chi connectivity index (χ0n) is 13.0. The second-order valence-corrected chi connectivity index (χ2v) is 4.89. The fourth-order valence-corrected chi connectivity index (χ4v) is 2.01. The van der Waals surface area contributed by atoms with Crippen LogP contribution >= 0.6 is 0 Å². The first-order valence-electron chi connectivity index (χ1n) is 7.12. The van der Waals surface area contributed by atoms with Crippen LogP contribution in [0.5, 0.6) is 5.75 Å². The van der Waals surface area contributed by atoms with E-state index >= 15 is 0 Å². The Hall–Kier alpha value is -2.30. The third kappa shape index (κ3) is 3.84. The molecule has 0 bridgehead atoms. The molecule has 2 aromatic rings. The highest BCUT2D eigenvalue weighted by molar-refractivity contribution is 5.48. The number of methoxy groups -OCH3 is 1. The largest absolute Gasteiger partial charge is 0.497 e. The van der Waals surface area contributed by atoms with Crippen molar-refractivity contribution in [1.29, 1.82) is 0 Å². The fourth-order valence-electron chi connectivity index (χ4n) is 2.01. The lowest BCUT2D eigenvalue weighted by molar-refractivity contribution is 0.414. The molecule has 0 aliphatic heterocycles. The number of nitrogens with zero attached hydrogens (tertiary/aromatic N) is 2. The van der Waals surface area contributed by atoms with Crippen molar-refractivity contribution in [3.8, 4) is 5.75 Å². The van der Waals surface area contributed by atoms with Gasteiger partial charge in [-0.2, -0.15) is 4.98 Å². The van der Waals surface area contributed by atoms with Gasteiger partial charge in [0, 0.05) is 24.3 Å². The molecule has 0 fully saturated rings. The molecule has 0 radical (unpaired) electrons. The number of aryl methyl sites for hydroxylation is 1. The van der Waals surface area contributed by atoms with Crippen LogP contribution in [0, 0.1) is 6.92 Å². The van der Waals surface area contributed by atoms with Crippen molar-refractivity contribution in [2.75, 3.05) is 24.3 Å². The minimum absolute atomic E-state index is 0.152. The smallest absolute Gasteiger partial charge is 0.224 e. The second-order valence-electron chi connectivity index (χ2n) is 4.89. The van der Waals surface area contributed by atoms with E-state index in [1.54, 1.807) is 7.11 Å². The standard InChI is InChI=1S/C16H22N4O/c1-5-17-16-18-10-11(2)15(20-16)19-12(3)13-6-8-14(21-4)9-7-13/h6-10,12H,5H2,1-4H3,(H2,17,18,19,20). The Balaban J connectivity index is 2.14. The van der Waals surface area contributed by atoms with Gasteiger partial charge in [0.1, 0.15) is 11.6 Å². The van der Waals surface area contributed by atoms with Gasteiger partial charge in [-0.15, -0.1) is 0 Å². The Morgan fingerprint density at radius 3 is 2.57 bits per heavy atom. The minimum atomic E-state index is 0.152. The first-order valence-corrected chi connectivity index (χ1v) is 7.12. The molecule has 5 nitrogen and oxygen atoms in total. The summed E-state index contributed by atoms with van der Waals surface area (Å²) in [7, 11) is 1.67. The van der Waals surface area contributed by atoms with Crippen LogP contribution < -0.4 is 15.4 Å². The van der Waals surface area contributed by atoms with E-state index in [-0.39, 0.29) is 6.04 Å². The third-order valence-corrected chi connectivity index (χ3v) is 3.28. The summed E-state index contributed by atoms with van der Waals surface area (Å²) < 4.78 is 5.18. The zero-order valence-corrected chi connectivity index (χ0v) is 13.0. The van der Waals surface area contributed by atoms with E-state index in [4.69, 9.17) is 4.74 Å². The highest BCUT2D eigenvalue weighted by Gasteiger charge is 2.09. The number of benzene rings is 1. The quantitative estimate of drug-likeness (QED) is 0.852. The summed E-state index contributed by atoms with van der Waals surface area (Å²) in [6.07, 6.45) is 1.83. The molecule has 0 spiro atoms. The average molecular weight is 286 g/mol. The van der Waals surface area contributed by atoms with E-state index < -0.39 is 0 Å². The molecule has 1 aromatic heterocycles. The Morgan fingerprint density at radius 2 is 1.95 bits per heavy atom. The van der Waals surface area contributed by atoms with Crippen LogP contribution in [0.15, 0.2) is 30.5 Å². The lowest BCUT2D eigenvalue weighted by Crippen LogP contribution is -2.11. The Morgan fingerprint density at radius 1 is 1.24 bits per heavy atom. The van der Waals surface area contributed by atoms with Crippen LogP contribution in [0.4, 0.5) is 11.8 Å². The zero-order chi connectivity index (χ0) is 15.2. The summed E-state index contributed by atoms with van der Waals surface area (Å²) in [6.45, 7) is 6.93. The van der Waals surface area contributed by atoms with Crippen molar-refractivity contribution >= 4 is 11.8 Å². The molecule has 1 heterocycles. The second kappa shape index (κ2) is 6.92. The van der Waals surface area contributed by atoms with Gasteiger partial charge in [0.25, 0.3) is 0 Å². The predicted octanol–water partition coefficient (Wildman–Crippen LogP) is 3.40. The number of ether oxygens (including phenoxy) is 1. The fraction of sp³-hybridized carbons (Fsp3) is 0.375. The molecule has 2 rings (SSSR count). The Labute approximate surface area is 125 Å². The topological polar surface area (TPSA) is 59.1 Å². The van der Waals surface area contributed by atoms with Crippen LogP contribution in [-0.2, 0) is 0 Å². The molecule has 112 valence electrons. The van der Waals surface area contributed by atoms with Crippen molar-refractivity contribution in [2.45, 2.75) is 26.8 Å². The van der Waals surface area contributed by atoms with Gasteiger partial charge < -0.3 is 15.4 Å². The number of nitrogens with one attached hydrogen (secondary N) is 2. The summed E-state index contributed by atoms with van der Waals surface area (Å²) in [5.41, 5.74) is 2.20. The molecule has 0 aliphatic rings. The number of hydrogen-bond donors (Lipinski definition) is 2. The summed E-state index contributed by atoms with van der Waals surface area (Å²) in [4.78, 5) is 8.76. The van der Waals surface area contributed by atoms with E-state index in [1.807, 2.05) is 32.2 Å². The molecule has 2 N–H and O–H groups in total. The summed E-state index contributed by atoms with van der Waals surface area (Å²) in [6, 6.07) is 8.18. The lowest BCUT2D eigenvalue weighted by atomic mass is 10.1. The van der Waals surface area contributed by atoms with Gasteiger partial charge in [-0.05, 0) is 38.5 Å². The number of aromatic nitrogens is 2. The van der Waals surface area contributed by atoms with E-state index in [0.29, 0.717) is 5.95 Å². The van der Waals surface area contributed by atoms with E-state index in [2.05, 4.69) is 39.7 Å². The highest BCUT2D eigenvalue weighted by Crippen LogP contribution is 2.22. The summed E-state index contributed by atoms with van der Waals surface area (Å²) in [5.74, 6) is 2.36. The van der Waals surface area contributed by atoms with E-state index in [0.717, 1.165) is 23.7 Å². The van der Waals surface area contributed by atoms with Gasteiger partial charge in [-0.3, -0.25) is 0 Å². The monoisotopic (exact) mass is 286 g/mol. The molecule has 21 heavy (non-hydrogen) atoms.